The van der Waals surface area contributed by atoms with E-state index < -0.39 is 0 Å². The molecule has 1 atom stereocenters. The minimum Gasteiger partial charge on any atom is -0.353 e. The number of carbonyl (C=O) groups is 1. The van der Waals surface area contributed by atoms with Crippen LogP contribution in [0, 0.1) is 0 Å². The van der Waals surface area contributed by atoms with Crippen LogP contribution in [0.2, 0.25) is 0 Å². The van der Waals surface area contributed by atoms with Crippen molar-refractivity contribution in [2.75, 3.05) is 6.54 Å². The molecule has 0 fully saturated rings. The Morgan fingerprint density at radius 1 is 1.35 bits per heavy atom. The van der Waals surface area contributed by atoms with Gasteiger partial charge in [0.1, 0.15) is 0 Å². The maximum Gasteiger partial charge on any atom is 0.234 e. The molecule has 1 amide bonds. The number of amides is 1. The molecular weight excluding hydrogens is 280 g/mol. The van der Waals surface area contributed by atoms with Gasteiger partial charge in [-0.3, -0.25) is 4.79 Å². The van der Waals surface area contributed by atoms with Gasteiger partial charge in [0, 0.05) is 16.6 Å². The standard InChI is InChI=1S/C13H19BrN2O/c1-9(2)16-13(17)8-15-10(3)11-5-4-6-12(14)7-11/h4-7,9-10,15H,8H2,1-3H3,(H,16,17)/t10-/m1/s1. The predicted molar refractivity (Wildman–Crippen MR) is 73.8 cm³/mol. The van der Waals surface area contributed by atoms with Crippen molar-refractivity contribution in [3.05, 3.63) is 34.3 Å². The Labute approximate surface area is 111 Å². The Kier molecular flexibility index (Phi) is 5.65. The second-order valence-electron chi connectivity index (χ2n) is 4.38. The van der Waals surface area contributed by atoms with E-state index in [0.29, 0.717) is 6.54 Å². The molecule has 0 aliphatic carbocycles. The van der Waals surface area contributed by atoms with E-state index >= 15 is 0 Å². The first kappa shape index (κ1) is 14.2. The maximum atomic E-state index is 11.5. The van der Waals surface area contributed by atoms with Crippen LogP contribution >= 0.6 is 15.9 Å². The molecule has 0 aliphatic rings. The lowest BCUT2D eigenvalue weighted by molar-refractivity contribution is -0.120. The fourth-order valence-electron chi connectivity index (χ4n) is 1.51. The van der Waals surface area contributed by atoms with E-state index in [1.54, 1.807) is 0 Å². The van der Waals surface area contributed by atoms with Gasteiger partial charge in [-0.05, 0) is 38.5 Å². The molecule has 0 saturated carbocycles. The molecule has 0 aromatic heterocycles. The SMILES string of the molecule is CC(C)NC(=O)CN[C@H](C)c1cccc(Br)c1. The van der Waals surface area contributed by atoms with Gasteiger partial charge < -0.3 is 10.6 Å². The van der Waals surface area contributed by atoms with Crippen molar-refractivity contribution >= 4 is 21.8 Å². The van der Waals surface area contributed by atoms with Gasteiger partial charge in [-0.2, -0.15) is 0 Å². The summed E-state index contributed by atoms with van der Waals surface area (Å²) in [5, 5.41) is 6.05. The lowest BCUT2D eigenvalue weighted by atomic mass is 10.1. The lowest BCUT2D eigenvalue weighted by Gasteiger charge is -2.15. The maximum absolute atomic E-state index is 11.5. The Hall–Kier alpha value is -0.870. The summed E-state index contributed by atoms with van der Waals surface area (Å²) in [4.78, 5) is 11.5. The van der Waals surface area contributed by atoms with Crippen LogP contribution in [-0.2, 0) is 4.79 Å². The van der Waals surface area contributed by atoms with Gasteiger partial charge in [-0.25, -0.2) is 0 Å². The first-order valence-electron chi connectivity index (χ1n) is 5.77. The molecule has 1 aromatic carbocycles. The summed E-state index contributed by atoms with van der Waals surface area (Å²) >= 11 is 3.44. The molecule has 0 aliphatic heterocycles. The highest BCUT2D eigenvalue weighted by Gasteiger charge is 2.08. The number of hydrogen-bond acceptors (Lipinski definition) is 2. The Balaban J connectivity index is 2.44. The van der Waals surface area contributed by atoms with E-state index in [1.165, 1.54) is 0 Å². The summed E-state index contributed by atoms with van der Waals surface area (Å²) in [6.45, 7) is 6.29. The predicted octanol–water partition coefficient (Wildman–Crippen LogP) is 2.62. The van der Waals surface area contributed by atoms with Crippen LogP contribution in [-0.4, -0.2) is 18.5 Å². The zero-order valence-corrected chi connectivity index (χ0v) is 12.0. The Morgan fingerprint density at radius 3 is 2.65 bits per heavy atom. The second kappa shape index (κ2) is 6.77. The van der Waals surface area contributed by atoms with Crippen molar-refractivity contribution in [1.82, 2.24) is 10.6 Å². The van der Waals surface area contributed by atoms with Crippen LogP contribution in [0.4, 0.5) is 0 Å². The first-order chi connectivity index (χ1) is 7.99. The highest BCUT2D eigenvalue weighted by atomic mass is 79.9. The minimum absolute atomic E-state index is 0.0295. The third-order valence-corrected chi connectivity index (χ3v) is 2.86. The van der Waals surface area contributed by atoms with Gasteiger partial charge in [0.05, 0.1) is 6.54 Å². The third kappa shape index (κ3) is 5.33. The van der Waals surface area contributed by atoms with Crippen molar-refractivity contribution in [3.8, 4) is 0 Å². The van der Waals surface area contributed by atoms with Crippen LogP contribution in [0.1, 0.15) is 32.4 Å². The average Bonchev–Trinajstić information content (AvgIpc) is 2.25. The van der Waals surface area contributed by atoms with Gasteiger partial charge >= 0.3 is 0 Å². The fourth-order valence-corrected chi connectivity index (χ4v) is 1.93. The topological polar surface area (TPSA) is 41.1 Å². The summed E-state index contributed by atoms with van der Waals surface area (Å²) in [5.41, 5.74) is 1.16. The quantitative estimate of drug-likeness (QED) is 0.877. The molecule has 0 heterocycles. The van der Waals surface area contributed by atoms with E-state index in [-0.39, 0.29) is 18.0 Å². The van der Waals surface area contributed by atoms with E-state index in [2.05, 4.69) is 32.6 Å². The van der Waals surface area contributed by atoms with Crippen molar-refractivity contribution in [2.45, 2.75) is 32.9 Å². The van der Waals surface area contributed by atoms with Crippen LogP contribution < -0.4 is 10.6 Å². The van der Waals surface area contributed by atoms with Crippen LogP contribution in [0.25, 0.3) is 0 Å². The van der Waals surface area contributed by atoms with E-state index in [1.807, 2.05) is 39.0 Å². The molecule has 0 spiro atoms. The highest BCUT2D eigenvalue weighted by Crippen LogP contribution is 2.17. The molecular formula is C13H19BrN2O. The van der Waals surface area contributed by atoms with Crippen LogP contribution in [0.15, 0.2) is 28.7 Å². The molecule has 0 unspecified atom stereocenters. The Morgan fingerprint density at radius 2 is 2.06 bits per heavy atom. The number of hydrogen-bond donors (Lipinski definition) is 2. The zero-order valence-electron chi connectivity index (χ0n) is 10.5. The normalized spacial score (nSPS) is 12.5. The lowest BCUT2D eigenvalue weighted by Crippen LogP contribution is -2.38. The zero-order chi connectivity index (χ0) is 12.8. The van der Waals surface area contributed by atoms with Gasteiger partial charge in [-0.15, -0.1) is 0 Å². The average molecular weight is 299 g/mol. The fraction of sp³-hybridized carbons (Fsp3) is 0.462. The number of nitrogens with one attached hydrogen (secondary N) is 2. The van der Waals surface area contributed by atoms with Gasteiger partial charge in [0.2, 0.25) is 5.91 Å². The monoisotopic (exact) mass is 298 g/mol. The van der Waals surface area contributed by atoms with Crippen LogP contribution in [0.3, 0.4) is 0 Å². The molecule has 2 N–H and O–H groups in total. The smallest absolute Gasteiger partial charge is 0.234 e. The molecule has 17 heavy (non-hydrogen) atoms. The van der Waals surface area contributed by atoms with Gasteiger partial charge in [0.15, 0.2) is 0 Å². The first-order valence-corrected chi connectivity index (χ1v) is 6.56. The number of benzene rings is 1. The third-order valence-electron chi connectivity index (χ3n) is 2.37. The van der Waals surface area contributed by atoms with E-state index in [4.69, 9.17) is 0 Å². The minimum atomic E-state index is 0.0295. The molecule has 0 radical (unpaired) electrons. The number of halogens is 1. The molecule has 3 nitrogen and oxygen atoms in total. The molecule has 1 rings (SSSR count). The van der Waals surface area contributed by atoms with Crippen molar-refractivity contribution in [3.63, 3.8) is 0 Å². The van der Waals surface area contributed by atoms with E-state index in [9.17, 15) is 4.79 Å². The van der Waals surface area contributed by atoms with Crippen molar-refractivity contribution in [1.29, 1.82) is 0 Å². The number of rotatable bonds is 5. The summed E-state index contributed by atoms with van der Waals surface area (Å²) in [7, 11) is 0. The Bertz CT molecular complexity index is 379. The van der Waals surface area contributed by atoms with Gasteiger partial charge in [0.25, 0.3) is 0 Å². The van der Waals surface area contributed by atoms with Crippen molar-refractivity contribution in [2.24, 2.45) is 0 Å². The molecule has 4 heteroatoms. The molecule has 0 bridgehead atoms. The summed E-state index contributed by atoms with van der Waals surface area (Å²) in [6, 6.07) is 8.42. The highest BCUT2D eigenvalue weighted by molar-refractivity contribution is 9.10. The van der Waals surface area contributed by atoms with Gasteiger partial charge in [-0.1, -0.05) is 28.1 Å². The summed E-state index contributed by atoms with van der Waals surface area (Å²) in [6.07, 6.45) is 0. The second-order valence-corrected chi connectivity index (χ2v) is 5.30. The molecule has 1 aromatic rings. The number of carbonyl (C=O) groups excluding carboxylic acids is 1. The van der Waals surface area contributed by atoms with Crippen molar-refractivity contribution < 1.29 is 4.79 Å². The largest absolute Gasteiger partial charge is 0.353 e. The molecule has 94 valence electrons. The molecule has 0 saturated heterocycles. The summed E-state index contributed by atoms with van der Waals surface area (Å²) in [5.74, 6) is 0.0295. The van der Waals surface area contributed by atoms with Crippen LogP contribution in [0.5, 0.6) is 0 Å². The van der Waals surface area contributed by atoms with E-state index in [0.717, 1.165) is 10.0 Å². The summed E-state index contributed by atoms with van der Waals surface area (Å²) < 4.78 is 1.05.